The second-order valence-corrected chi connectivity index (χ2v) is 4.70. The van der Waals surface area contributed by atoms with E-state index in [-0.39, 0.29) is 18.1 Å². The van der Waals surface area contributed by atoms with Gasteiger partial charge in [-0.2, -0.15) is 0 Å². The van der Waals surface area contributed by atoms with Gasteiger partial charge in [-0.1, -0.05) is 29.8 Å². The molecule has 0 radical (unpaired) electrons. The lowest BCUT2D eigenvalue weighted by atomic mass is 10.1. The van der Waals surface area contributed by atoms with Gasteiger partial charge in [-0.3, -0.25) is 4.79 Å². The molecule has 98 valence electrons. The lowest BCUT2D eigenvalue weighted by Crippen LogP contribution is -2.48. The van der Waals surface area contributed by atoms with E-state index in [9.17, 15) is 4.79 Å². The average Bonchev–Trinajstić information content (AvgIpc) is 2.40. The minimum atomic E-state index is -0.369. The van der Waals surface area contributed by atoms with E-state index in [1.54, 1.807) is 0 Å². The summed E-state index contributed by atoms with van der Waals surface area (Å²) in [5.41, 5.74) is 2.33. The second kappa shape index (κ2) is 5.98. The monoisotopic (exact) mass is 248 g/mol. The summed E-state index contributed by atoms with van der Waals surface area (Å²) < 4.78 is 5.42. The Kier molecular flexibility index (Phi) is 4.33. The molecule has 1 aromatic carbocycles. The third kappa shape index (κ3) is 3.31. The molecule has 0 aromatic heterocycles. The summed E-state index contributed by atoms with van der Waals surface area (Å²) in [6.07, 6.45) is -0.369. The number of hydrogen-bond acceptors (Lipinski definition) is 3. The molecule has 2 N–H and O–H groups in total. The van der Waals surface area contributed by atoms with E-state index in [2.05, 4.69) is 29.7 Å². The molecule has 2 rings (SSSR count). The van der Waals surface area contributed by atoms with Gasteiger partial charge in [-0.25, -0.2) is 0 Å². The third-order valence-corrected chi connectivity index (χ3v) is 3.16. The SMILES string of the molecule is Cc1ccc(C(C)NC(=O)C2CNCCO2)cc1. The van der Waals surface area contributed by atoms with Gasteiger partial charge < -0.3 is 15.4 Å². The molecular weight excluding hydrogens is 228 g/mol. The molecule has 0 aliphatic carbocycles. The van der Waals surface area contributed by atoms with Gasteiger partial charge in [-0.15, -0.1) is 0 Å². The molecule has 1 aliphatic heterocycles. The Bertz CT molecular complexity index is 397. The predicted molar refractivity (Wildman–Crippen MR) is 70.3 cm³/mol. The van der Waals surface area contributed by atoms with Gasteiger partial charge in [0.2, 0.25) is 0 Å². The number of rotatable bonds is 3. The summed E-state index contributed by atoms with van der Waals surface area (Å²) >= 11 is 0. The van der Waals surface area contributed by atoms with Crippen LogP contribution in [0.5, 0.6) is 0 Å². The Morgan fingerprint density at radius 2 is 2.17 bits per heavy atom. The number of benzene rings is 1. The Morgan fingerprint density at radius 3 is 2.78 bits per heavy atom. The van der Waals surface area contributed by atoms with Crippen LogP contribution >= 0.6 is 0 Å². The van der Waals surface area contributed by atoms with Crippen LogP contribution in [-0.4, -0.2) is 31.7 Å². The molecule has 2 atom stereocenters. The number of nitrogens with one attached hydrogen (secondary N) is 2. The summed E-state index contributed by atoms with van der Waals surface area (Å²) in [5.74, 6) is -0.0460. The molecule has 1 saturated heterocycles. The number of ether oxygens (including phenoxy) is 1. The zero-order valence-corrected chi connectivity index (χ0v) is 10.9. The Balaban J connectivity index is 1.91. The van der Waals surface area contributed by atoms with Crippen molar-refractivity contribution in [2.24, 2.45) is 0 Å². The second-order valence-electron chi connectivity index (χ2n) is 4.70. The number of hydrogen-bond donors (Lipinski definition) is 2. The zero-order chi connectivity index (χ0) is 13.0. The first kappa shape index (κ1) is 13.1. The maximum absolute atomic E-state index is 12.0. The number of morpholine rings is 1. The van der Waals surface area contributed by atoms with Crippen molar-refractivity contribution in [2.75, 3.05) is 19.7 Å². The minimum Gasteiger partial charge on any atom is -0.366 e. The minimum absolute atomic E-state index is 0.00336. The van der Waals surface area contributed by atoms with Crippen molar-refractivity contribution in [1.82, 2.24) is 10.6 Å². The highest BCUT2D eigenvalue weighted by molar-refractivity contribution is 5.81. The van der Waals surface area contributed by atoms with Crippen molar-refractivity contribution < 1.29 is 9.53 Å². The van der Waals surface area contributed by atoms with Crippen LogP contribution in [0.2, 0.25) is 0 Å². The molecule has 1 aromatic rings. The first-order valence-corrected chi connectivity index (χ1v) is 6.36. The van der Waals surface area contributed by atoms with Crippen molar-refractivity contribution in [1.29, 1.82) is 0 Å². The van der Waals surface area contributed by atoms with Crippen LogP contribution in [-0.2, 0) is 9.53 Å². The molecule has 1 fully saturated rings. The van der Waals surface area contributed by atoms with E-state index in [4.69, 9.17) is 4.74 Å². The third-order valence-electron chi connectivity index (χ3n) is 3.16. The topological polar surface area (TPSA) is 50.4 Å². The van der Waals surface area contributed by atoms with E-state index in [1.807, 2.05) is 19.1 Å². The first-order chi connectivity index (χ1) is 8.66. The fourth-order valence-electron chi connectivity index (χ4n) is 1.98. The highest BCUT2D eigenvalue weighted by atomic mass is 16.5. The molecule has 1 amide bonds. The molecule has 18 heavy (non-hydrogen) atoms. The van der Waals surface area contributed by atoms with Crippen LogP contribution in [0.25, 0.3) is 0 Å². The molecule has 0 spiro atoms. The van der Waals surface area contributed by atoms with E-state index < -0.39 is 0 Å². The molecule has 1 aliphatic rings. The summed E-state index contributed by atoms with van der Waals surface area (Å²) in [6, 6.07) is 8.19. The lowest BCUT2D eigenvalue weighted by molar-refractivity contribution is -0.134. The Labute approximate surface area is 108 Å². The maximum Gasteiger partial charge on any atom is 0.250 e. The zero-order valence-electron chi connectivity index (χ0n) is 10.9. The molecule has 4 nitrogen and oxygen atoms in total. The highest BCUT2D eigenvalue weighted by Crippen LogP contribution is 2.13. The van der Waals surface area contributed by atoms with Crippen molar-refractivity contribution >= 4 is 5.91 Å². The number of carbonyl (C=O) groups is 1. The smallest absolute Gasteiger partial charge is 0.250 e. The number of aryl methyl sites for hydroxylation is 1. The van der Waals surface area contributed by atoms with Crippen molar-refractivity contribution in [3.63, 3.8) is 0 Å². The lowest BCUT2D eigenvalue weighted by Gasteiger charge is -2.24. The van der Waals surface area contributed by atoms with Gasteiger partial charge in [0, 0.05) is 13.1 Å². The van der Waals surface area contributed by atoms with E-state index in [1.165, 1.54) is 5.56 Å². The van der Waals surface area contributed by atoms with Crippen LogP contribution in [0.1, 0.15) is 24.1 Å². The van der Waals surface area contributed by atoms with Gasteiger partial charge in [0.1, 0.15) is 6.10 Å². The maximum atomic E-state index is 12.0. The Morgan fingerprint density at radius 1 is 1.44 bits per heavy atom. The fraction of sp³-hybridized carbons (Fsp3) is 0.500. The van der Waals surface area contributed by atoms with E-state index >= 15 is 0 Å². The van der Waals surface area contributed by atoms with Gasteiger partial charge in [0.25, 0.3) is 5.91 Å². The quantitative estimate of drug-likeness (QED) is 0.844. The van der Waals surface area contributed by atoms with Gasteiger partial charge in [0.05, 0.1) is 12.6 Å². The van der Waals surface area contributed by atoms with Crippen molar-refractivity contribution in [2.45, 2.75) is 26.0 Å². The summed E-state index contributed by atoms with van der Waals surface area (Å²) in [4.78, 5) is 12.0. The molecule has 2 unspecified atom stereocenters. The summed E-state index contributed by atoms with van der Waals surface area (Å²) in [6.45, 7) is 6.04. The van der Waals surface area contributed by atoms with Crippen LogP contribution in [0.4, 0.5) is 0 Å². The van der Waals surface area contributed by atoms with Crippen LogP contribution in [0, 0.1) is 6.92 Å². The standard InChI is InChI=1S/C14H20N2O2/c1-10-3-5-12(6-4-10)11(2)16-14(17)13-9-15-7-8-18-13/h3-6,11,13,15H,7-9H2,1-2H3,(H,16,17). The van der Waals surface area contributed by atoms with Crippen molar-refractivity contribution in [3.05, 3.63) is 35.4 Å². The largest absolute Gasteiger partial charge is 0.366 e. The van der Waals surface area contributed by atoms with Crippen LogP contribution in [0.3, 0.4) is 0 Å². The predicted octanol–water partition coefficient (Wildman–Crippen LogP) is 1.16. The fourth-order valence-corrected chi connectivity index (χ4v) is 1.98. The van der Waals surface area contributed by atoms with Gasteiger partial charge >= 0.3 is 0 Å². The molecule has 0 saturated carbocycles. The normalized spacial score (nSPS) is 21.3. The average molecular weight is 248 g/mol. The molecular formula is C14H20N2O2. The first-order valence-electron chi connectivity index (χ1n) is 6.36. The molecule has 4 heteroatoms. The summed E-state index contributed by atoms with van der Waals surface area (Å²) in [7, 11) is 0. The number of amides is 1. The van der Waals surface area contributed by atoms with Crippen LogP contribution in [0.15, 0.2) is 24.3 Å². The van der Waals surface area contributed by atoms with Crippen LogP contribution < -0.4 is 10.6 Å². The number of carbonyl (C=O) groups excluding carboxylic acids is 1. The van der Waals surface area contributed by atoms with Crippen molar-refractivity contribution in [3.8, 4) is 0 Å². The molecule has 1 heterocycles. The van der Waals surface area contributed by atoms with E-state index in [0.29, 0.717) is 13.2 Å². The van der Waals surface area contributed by atoms with Gasteiger partial charge in [0.15, 0.2) is 0 Å². The van der Waals surface area contributed by atoms with Gasteiger partial charge in [-0.05, 0) is 19.4 Å². The Hall–Kier alpha value is -1.39. The highest BCUT2D eigenvalue weighted by Gasteiger charge is 2.23. The van der Waals surface area contributed by atoms with E-state index in [0.717, 1.165) is 12.1 Å². The summed E-state index contributed by atoms with van der Waals surface area (Å²) in [5, 5.41) is 6.13. The molecule has 0 bridgehead atoms.